The number of para-hydroxylation sites is 1. The van der Waals surface area contributed by atoms with Crippen molar-refractivity contribution in [3.05, 3.63) is 30.3 Å². The lowest BCUT2D eigenvalue weighted by atomic mass is 10.2. The number of thiocarbonyl (C=S) groups is 1. The van der Waals surface area contributed by atoms with Crippen molar-refractivity contribution in [3.8, 4) is 0 Å². The number of benzene rings is 1. The summed E-state index contributed by atoms with van der Waals surface area (Å²) in [5.74, 6) is 0.0219. The zero-order valence-corrected chi connectivity index (χ0v) is 12.1. The van der Waals surface area contributed by atoms with Crippen LogP contribution in [0.3, 0.4) is 0 Å². The number of hydrogen-bond donors (Lipinski definition) is 2. The maximum absolute atomic E-state index is 11.8. The lowest BCUT2D eigenvalue weighted by Crippen LogP contribution is -2.39. The molecule has 19 heavy (non-hydrogen) atoms. The first-order chi connectivity index (χ1) is 9.13. The van der Waals surface area contributed by atoms with Crippen molar-refractivity contribution in [3.63, 3.8) is 0 Å². The molecule has 0 saturated carbocycles. The van der Waals surface area contributed by atoms with E-state index in [4.69, 9.17) is 18.0 Å². The molecule has 4 nitrogen and oxygen atoms in total. The second-order valence-electron chi connectivity index (χ2n) is 4.32. The fraction of sp³-hybridized carbons (Fsp3) is 0.429. The molecule has 0 aliphatic heterocycles. The van der Waals surface area contributed by atoms with Gasteiger partial charge in [-0.05, 0) is 18.6 Å². The van der Waals surface area contributed by atoms with Gasteiger partial charge in [-0.15, -0.1) is 0 Å². The molecule has 104 valence electrons. The Morgan fingerprint density at radius 2 is 2.05 bits per heavy atom. The molecule has 0 atom stereocenters. The van der Waals surface area contributed by atoms with Crippen LogP contribution in [0.4, 0.5) is 5.69 Å². The molecular weight excluding hydrogens is 258 g/mol. The van der Waals surface area contributed by atoms with Gasteiger partial charge in [0.1, 0.15) is 0 Å². The predicted octanol–water partition coefficient (Wildman–Crippen LogP) is 1.70. The Bertz CT molecular complexity index is 408. The normalized spacial score (nSPS) is 9.95. The second-order valence-corrected chi connectivity index (χ2v) is 4.85. The Labute approximate surface area is 120 Å². The minimum Gasteiger partial charge on any atom is -0.393 e. The van der Waals surface area contributed by atoms with Gasteiger partial charge in [-0.1, -0.05) is 37.3 Å². The average Bonchev–Trinajstić information content (AvgIpc) is 2.42. The average molecular weight is 279 g/mol. The van der Waals surface area contributed by atoms with Gasteiger partial charge < -0.3 is 16.0 Å². The molecule has 0 aliphatic carbocycles. The van der Waals surface area contributed by atoms with Crippen LogP contribution in [0.2, 0.25) is 0 Å². The molecule has 0 spiro atoms. The fourth-order valence-corrected chi connectivity index (χ4v) is 1.77. The molecule has 1 rings (SSSR count). The van der Waals surface area contributed by atoms with Gasteiger partial charge in [0.15, 0.2) is 0 Å². The van der Waals surface area contributed by atoms with Crippen LogP contribution in [0.25, 0.3) is 0 Å². The van der Waals surface area contributed by atoms with E-state index in [2.05, 4.69) is 5.32 Å². The standard InChI is InChI=1S/C14H21N3OS/c1-2-9-16-14(18)11-17(10-8-13(15)19)12-6-4-3-5-7-12/h3-7H,2,8-11H2,1H3,(H2,15,19)(H,16,18). The number of amides is 1. The van der Waals surface area contributed by atoms with Crippen molar-refractivity contribution < 1.29 is 4.79 Å². The van der Waals surface area contributed by atoms with Crippen LogP contribution >= 0.6 is 12.2 Å². The highest BCUT2D eigenvalue weighted by Gasteiger charge is 2.11. The summed E-state index contributed by atoms with van der Waals surface area (Å²) in [7, 11) is 0. The minimum atomic E-state index is 0.0219. The number of carbonyl (C=O) groups excluding carboxylic acids is 1. The maximum Gasteiger partial charge on any atom is 0.239 e. The molecule has 1 aromatic carbocycles. The number of carbonyl (C=O) groups is 1. The summed E-state index contributed by atoms with van der Waals surface area (Å²) in [6.45, 7) is 3.71. The lowest BCUT2D eigenvalue weighted by Gasteiger charge is -2.24. The third-order valence-electron chi connectivity index (χ3n) is 2.66. The van der Waals surface area contributed by atoms with Gasteiger partial charge >= 0.3 is 0 Å². The van der Waals surface area contributed by atoms with E-state index in [1.165, 1.54) is 0 Å². The smallest absolute Gasteiger partial charge is 0.239 e. The van der Waals surface area contributed by atoms with E-state index < -0.39 is 0 Å². The predicted molar refractivity (Wildman–Crippen MR) is 83.4 cm³/mol. The van der Waals surface area contributed by atoms with Gasteiger partial charge in [0, 0.05) is 25.2 Å². The molecule has 0 heterocycles. The number of anilines is 1. The maximum atomic E-state index is 11.8. The quantitative estimate of drug-likeness (QED) is 0.711. The topological polar surface area (TPSA) is 58.4 Å². The van der Waals surface area contributed by atoms with E-state index in [-0.39, 0.29) is 5.91 Å². The van der Waals surface area contributed by atoms with Crippen LogP contribution < -0.4 is 16.0 Å². The van der Waals surface area contributed by atoms with E-state index in [1.54, 1.807) is 0 Å². The van der Waals surface area contributed by atoms with Crippen molar-refractivity contribution >= 4 is 28.8 Å². The lowest BCUT2D eigenvalue weighted by molar-refractivity contribution is -0.119. The summed E-state index contributed by atoms with van der Waals surface area (Å²) in [5, 5.41) is 2.88. The largest absolute Gasteiger partial charge is 0.393 e. The monoisotopic (exact) mass is 279 g/mol. The summed E-state index contributed by atoms with van der Waals surface area (Å²) < 4.78 is 0. The Hall–Kier alpha value is -1.62. The first-order valence-corrected chi connectivity index (χ1v) is 6.89. The number of nitrogens with one attached hydrogen (secondary N) is 1. The Morgan fingerprint density at radius 3 is 2.63 bits per heavy atom. The van der Waals surface area contributed by atoms with Crippen molar-refractivity contribution in [2.45, 2.75) is 19.8 Å². The van der Waals surface area contributed by atoms with E-state index in [0.29, 0.717) is 31.0 Å². The third-order valence-corrected chi connectivity index (χ3v) is 2.86. The number of nitrogens with two attached hydrogens (primary N) is 1. The summed E-state index contributed by atoms with van der Waals surface area (Å²) >= 11 is 4.90. The van der Waals surface area contributed by atoms with Crippen molar-refractivity contribution in [1.82, 2.24) is 5.32 Å². The molecule has 0 bridgehead atoms. The molecule has 0 aromatic heterocycles. The van der Waals surface area contributed by atoms with Crippen LogP contribution in [-0.2, 0) is 4.79 Å². The Balaban J connectivity index is 2.64. The van der Waals surface area contributed by atoms with E-state index in [1.807, 2.05) is 42.2 Å². The van der Waals surface area contributed by atoms with Crippen LogP contribution in [-0.4, -0.2) is 30.5 Å². The molecule has 0 radical (unpaired) electrons. The van der Waals surface area contributed by atoms with Gasteiger partial charge in [-0.25, -0.2) is 0 Å². The zero-order valence-electron chi connectivity index (χ0n) is 11.3. The van der Waals surface area contributed by atoms with E-state index in [9.17, 15) is 4.79 Å². The highest BCUT2D eigenvalue weighted by molar-refractivity contribution is 7.80. The van der Waals surface area contributed by atoms with Gasteiger partial charge in [0.25, 0.3) is 0 Å². The highest BCUT2D eigenvalue weighted by atomic mass is 32.1. The molecule has 0 unspecified atom stereocenters. The minimum absolute atomic E-state index is 0.0219. The highest BCUT2D eigenvalue weighted by Crippen LogP contribution is 2.13. The zero-order chi connectivity index (χ0) is 14.1. The first-order valence-electron chi connectivity index (χ1n) is 6.48. The summed E-state index contributed by atoms with van der Waals surface area (Å²) in [6, 6.07) is 9.81. The molecule has 3 N–H and O–H groups in total. The summed E-state index contributed by atoms with van der Waals surface area (Å²) in [5.41, 5.74) is 6.54. The molecular formula is C14H21N3OS. The molecule has 0 aliphatic rings. The van der Waals surface area contributed by atoms with E-state index >= 15 is 0 Å². The number of hydrogen-bond acceptors (Lipinski definition) is 3. The van der Waals surface area contributed by atoms with Crippen molar-refractivity contribution in [1.29, 1.82) is 0 Å². The third kappa shape index (κ3) is 6.20. The number of nitrogens with zero attached hydrogens (tertiary/aromatic N) is 1. The van der Waals surface area contributed by atoms with Crippen molar-refractivity contribution in [2.75, 3.05) is 24.5 Å². The van der Waals surface area contributed by atoms with Crippen molar-refractivity contribution in [2.24, 2.45) is 5.73 Å². The van der Waals surface area contributed by atoms with Crippen LogP contribution in [0.15, 0.2) is 30.3 Å². The second kappa shape index (κ2) is 8.48. The van der Waals surface area contributed by atoms with Crippen LogP contribution in [0.1, 0.15) is 19.8 Å². The molecule has 5 heteroatoms. The molecule has 0 saturated heterocycles. The Kier molecular flexibility index (Phi) is 6.89. The van der Waals surface area contributed by atoms with Gasteiger partial charge in [0.2, 0.25) is 5.91 Å². The summed E-state index contributed by atoms with van der Waals surface area (Å²) in [6.07, 6.45) is 1.54. The fourth-order valence-electron chi connectivity index (χ4n) is 1.68. The van der Waals surface area contributed by atoms with E-state index in [0.717, 1.165) is 12.1 Å². The SMILES string of the molecule is CCCNC(=O)CN(CCC(N)=S)c1ccccc1. The molecule has 0 fully saturated rings. The first kappa shape index (κ1) is 15.4. The van der Waals surface area contributed by atoms with Crippen LogP contribution in [0, 0.1) is 0 Å². The molecule has 1 amide bonds. The number of rotatable bonds is 8. The van der Waals surface area contributed by atoms with Gasteiger partial charge in [-0.3, -0.25) is 4.79 Å². The van der Waals surface area contributed by atoms with Gasteiger partial charge in [0.05, 0.1) is 11.5 Å². The Morgan fingerprint density at radius 1 is 1.37 bits per heavy atom. The molecule has 1 aromatic rings. The van der Waals surface area contributed by atoms with Gasteiger partial charge in [-0.2, -0.15) is 0 Å². The summed E-state index contributed by atoms with van der Waals surface area (Å²) in [4.78, 5) is 14.3. The van der Waals surface area contributed by atoms with Crippen LogP contribution in [0.5, 0.6) is 0 Å².